The first-order valence-electron chi connectivity index (χ1n) is 10.8. The second kappa shape index (κ2) is 11.1. The van der Waals surface area contributed by atoms with Gasteiger partial charge in [0.1, 0.15) is 0 Å². The van der Waals surface area contributed by atoms with E-state index in [1.54, 1.807) is 31.2 Å². The number of nitrogens with zero attached hydrogens (tertiary/aromatic N) is 5. The molecule has 4 aromatic rings. The number of nitro groups is 1. The summed E-state index contributed by atoms with van der Waals surface area (Å²) in [6, 6.07) is 21.2. The van der Waals surface area contributed by atoms with E-state index in [1.165, 1.54) is 23.9 Å². The normalized spacial score (nSPS) is 11.4. The Balaban J connectivity index is 1.50. The minimum absolute atomic E-state index is 0.0114. The number of halogens is 1. The van der Waals surface area contributed by atoms with Gasteiger partial charge < -0.3 is 0 Å². The summed E-state index contributed by atoms with van der Waals surface area (Å²) in [4.78, 5) is 22.8. The number of hydrogen-bond donors (Lipinski definition) is 1. The summed E-state index contributed by atoms with van der Waals surface area (Å²) >= 11 is 7.28. The molecule has 3 aromatic carbocycles. The van der Waals surface area contributed by atoms with Crippen LogP contribution in [0.1, 0.15) is 18.1 Å². The van der Waals surface area contributed by atoms with Crippen molar-refractivity contribution in [1.29, 1.82) is 0 Å². The standard InChI is InChI=1S/C25H21ClN6O3S/c1-16-3-11-21(12-4-16)31-24(19-5-9-20(26)10-6-19)29-30-25(31)36-15-23(33)28-27-17(2)18-7-13-22(14-8-18)32(34)35/h3-14H,15H2,1-2H3,(H,28,33)/b27-17-. The molecule has 1 N–H and O–H groups in total. The van der Waals surface area contributed by atoms with Crippen LogP contribution in [0.3, 0.4) is 0 Å². The van der Waals surface area contributed by atoms with Crippen LogP contribution < -0.4 is 5.43 Å². The highest BCUT2D eigenvalue weighted by molar-refractivity contribution is 7.99. The Morgan fingerprint density at radius 2 is 1.72 bits per heavy atom. The molecule has 0 fully saturated rings. The SMILES string of the molecule is C/C(=N/NC(=O)CSc1nnc(-c2ccc(Cl)cc2)n1-c1ccc(C)cc1)c1ccc([N+](=O)[O-])cc1. The monoisotopic (exact) mass is 520 g/mol. The van der Waals surface area contributed by atoms with E-state index in [0.29, 0.717) is 27.3 Å². The number of hydrazone groups is 1. The van der Waals surface area contributed by atoms with Crippen molar-refractivity contribution in [2.75, 3.05) is 5.75 Å². The molecule has 0 bridgehead atoms. The van der Waals surface area contributed by atoms with E-state index in [4.69, 9.17) is 11.6 Å². The highest BCUT2D eigenvalue weighted by Gasteiger charge is 2.17. The lowest BCUT2D eigenvalue weighted by molar-refractivity contribution is -0.384. The van der Waals surface area contributed by atoms with Crippen LogP contribution in [0.25, 0.3) is 17.1 Å². The van der Waals surface area contributed by atoms with E-state index in [-0.39, 0.29) is 17.3 Å². The summed E-state index contributed by atoms with van der Waals surface area (Å²) in [6.07, 6.45) is 0. The van der Waals surface area contributed by atoms with Crippen molar-refractivity contribution in [1.82, 2.24) is 20.2 Å². The molecule has 1 heterocycles. The maximum atomic E-state index is 12.5. The molecule has 0 spiro atoms. The van der Waals surface area contributed by atoms with Gasteiger partial charge in [0, 0.05) is 28.4 Å². The van der Waals surface area contributed by atoms with Crippen molar-refractivity contribution in [3.63, 3.8) is 0 Å². The van der Waals surface area contributed by atoms with Crippen LogP contribution in [0.15, 0.2) is 83.1 Å². The molecule has 0 saturated heterocycles. The van der Waals surface area contributed by atoms with Crippen molar-refractivity contribution in [2.24, 2.45) is 5.10 Å². The number of benzene rings is 3. The molecular weight excluding hydrogens is 500 g/mol. The predicted octanol–water partition coefficient (Wildman–Crippen LogP) is 5.44. The second-order valence-corrected chi connectivity index (χ2v) is 9.19. The number of aryl methyl sites for hydroxylation is 1. The van der Waals surface area contributed by atoms with Gasteiger partial charge in [-0.05, 0) is 67.9 Å². The van der Waals surface area contributed by atoms with Gasteiger partial charge in [-0.1, -0.05) is 41.1 Å². The van der Waals surface area contributed by atoms with Crippen LogP contribution in [0.4, 0.5) is 5.69 Å². The van der Waals surface area contributed by atoms with Crippen molar-refractivity contribution in [3.8, 4) is 17.1 Å². The molecule has 36 heavy (non-hydrogen) atoms. The molecule has 11 heteroatoms. The summed E-state index contributed by atoms with van der Waals surface area (Å²) < 4.78 is 1.89. The van der Waals surface area contributed by atoms with Crippen LogP contribution in [0.2, 0.25) is 5.02 Å². The van der Waals surface area contributed by atoms with E-state index >= 15 is 0 Å². The zero-order chi connectivity index (χ0) is 25.7. The number of thioether (sulfide) groups is 1. The van der Waals surface area contributed by atoms with Gasteiger partial charge in [0.05, 0.1) is 16.4 Å². The van der Waals surface area contributed by atoms with Crippen molar-refractivity contribution in [2.45, 2.75) is 19.0 Å². The third-order valence-electron chi connectivity index (χ3n) is 5.20. The number of nitrogens with one attached hydrogen (secondary N) is 1. The zero-order valence-electron chi connectivity index (χ0n) is 19.4. The van der Waals surface area contributed by atoms with Crippen molar-refractivity contribution in [3.05, 3.63) is 99.1 Å². The molecule has 9 nitrogen and oxygen atoms in total. The van der Waals surface area contributed by atoms with Crippen LogP contribution in [0.5, 0.6) is 0 Å². The number of non-ortho nitro benzene ring substituents is 1. The first-order chi connectivity index (χ1) is 17.3. The second-order valence-electron chi connectivity index (χ2n) is 7.81. The van der Waals surface area contributed by atoms with Crippen LogP contribution in [-0.2, 0) is 4.79 Å². The number of aromatic nitrogens is 3. The topological polar surface area (TPSA) is 115 Å². The van der Waals surface area contributed by atoms with E-state index in [9.17, 15) is 14.9 Å². The van der Waals surface area contributed by atoms with E-state index in [1.807, 2.05) is 47.9 Å². The zero-order valence-corrected chi connectivity index (χ0v) is 21.0. The quantitative estimate of drug-likeness (QED) is 0.143. The first kappa shape index (κ1) is 25.1. The van der Waals surface area contributed by atoms with E-state index in [2.05, 4.69) is 20.7 Å². The van der Waals surface area contributed by atoms with Crippen LogP contribution in [-0.4, -0.2) is 37.1 Å². The largest absolute Gasteiger partial charge is 0.272 e. The highest BCUT2D eigenvalue weighted by atomic mass is 35.5. The number of carbonyl (C=O) groups is 1. The minimum atomic E-state index is -0.469. The molecule has 182 valence electrons. The number of rotatable bonds is 8. The molecule has 0 aliphatic carbocycles. The lowest BCUT2D eigenvalue weighted by atomic mass is 10.1. The Morgan fingerprint density at radius 1 is 1.06 bits per heavy atom. The van der Waals surface area contributed by atoms with Gasteiger partial charge in [0.15, 0.2) is 11.0 Å². The fraction of sp³-hybridized carbons (Fsp3) is 0.120. The van der Waals surface area contributed by atoms with Crippen molar-refractivity contribution >= 4 is 40.7 Å². The molecule has 0 unspecified atom stereocenters. The summed E-state index contributed by atoms with van der Waals surface area (Å²) in [5.41, 5.74) is 6.53. The van der Waals surface area contributed by atoms with Crippen molar-refractivity contribution < 1.29 is 9.72 Å². The smallest absolute Gasteiger partial charge is 0.269 e. The Hall–Kier alpha value is -4.02. The summed E-state index contributed by atoms with van der Waals surface area (Å²) in [5.74, 6) is 0.361. The third kappa shape index (κ3) is 5.96. The van der Waals surface area contributed by atoms with Gasteiger partial charge in [0.25, 0.3) is 11.6 Å². The van der Waals surface area contributed by atoms with Gasteiger partial charge in [0.2, 0.25) is 0 Å². The number of hydrogen-bond acceptors (Lipinski definition) is 7. The highest BCUT2D eigenvalue weighted by Crippen LogP contribution is 2.29. The summed E-state index contributed by atoms with van der Waals surface area (Å²) in [7, 11) is 0. The Bertz CT molecular complexity index is 1420. The third-order valence-corrected chi connectivity index (χ3v) is 6.39. The lowest BCUT2D eigenvalue weighted by Gasteiger charge is -2.11. The molecule has 0 atom stereocenters. The minimum Gasteiger partial charge on any atom is -0.272 e. The van der Waals surface area contributed by atoms with Crippen LogP contribution in [0, 0.1) is 17.0 Å². The molecule has 0 radical (unpaired) electrons. The lowest BCUT2D eigenvalue weighted by Crippen LogP contribution is -2.21. The van der Waals surface area contributed by atoms with Gasteiger partial charge in [-0.15, -0.1) is 10.2 Å². The molecule has 0 saturated carbocycles. The maximum Gasteiger partial charge on any atom is 0.269 e. The van der Waals surface area contributed by atoms with Gasteiger partial charge in [-0.2, -0.15) is 5.10 Å². The fourth-order valence-electron chi connectivity index (χ4n) is 3.27. The fourth-order valence-corrected chi connectivity index (χ4v) is 4.14. The van der Waals surface area contributed by atoms with Gasteiger partial charge >= 0.3 is 0 Å². The molecular formula is C25H21ClN6O3S. The predicted molar refractivity (Wildman–Crippen MR) is 141 cm³/mol. The first-order valence-corrected chi connectivity index (χ1v) is 12.2. The number of amides is 1. The molecule has 4 rings (SSSR count). The van der Waals surface area contributed by atoms with E-state index < -0.39 is 4.92 Å². The number of carbonyl (C=O) groups excluding carboxylic acids is 1. The summed E-state index contributed by atoms with van der Waals surface area (Å²) in [6.45, 7) is 3.72. The Labute approximate surface area is 216 Å². The summed E-state index contributed by atoms with van der Waals surface area (Å²) in [5, 5.41) is 24.8. The van der Waals surface area contributed by atoms with Gasteiger partial charge in [-0.25, -0.2) is 5.43 Å². The van der Waals surface area contributed by atoms with Crippen LogP contribution >= 0.6 is 23.4 Å². The average Bonchev–Trinajstić information content (AvgIpc) is 3.31. The maximum absolute atomic E-state index is 12.5. The molecule has 0 aliphatic heterocycles. The molecule has 1 aromatic heterocycles. The Kier molecular flexibility index (Phi) is 7.77. The van der Waals surface area contributed by atoms with Gasteiger partial charge in [-0.3, -0.25) is 19.5 Å². The molecule has 0 aliphatic rings. The average molecular weight is 521 g/mol. The molecule has 1 amide bonds. The van der Waals surface area contributed by atoms with E-state index in [0.717, 1.165) is 16.8 Å². The number of nitro benzene ring substituents is 1. The Morgan fingerprint density at radius 3 is 2.36 bits per heavy atom.